The Morgan fingerprint density at radius 2 is 2.26 bits per heavy atom. The molecule has 1 fully saturated rings. The lowest BCUT2D eigenvalue weighted by Crippen LogP contribution is -2.19. The maximum absolute atomic E-state index is 12.2. The minimum atomic E-state index is -0.212. The minimum Gasteiger partial charge on any atom is -0.371 e. The Hall–Kier alpha value is -2.39. The average molecular weight is 330 g/mol. The summed E-state index contributed by atoms with van der Waals surface area (Å²) in [6.45, 7) is 0.834. The van der Waals surface area contributed by atoms with Crippen LogP contribution in [0.25, 0.3) is 11.0 Å². The van der Waals surface area contributed by atoms with Gasteiger partial charge in [-0.05, 0) is 25.0 Å². The molecule has 1 saturated heterocycles. The number of ether oxygens (including phenoxy) is 1. The molecule has 1 aliphatic rings. The van der Waals surface area contributed by atoms with Gasteiger partial charge in [0.05, 0.1) is 5.52 Å². The van der Waals surface area contributed by atoms with Gasteiger partial charge in [-0.1, -0.05) is 28.7 Å². The van der Waals surface area contributed by atoms with Crippen molar-refractivity contribution < 1.29 is 9.53 Å². The highest BCUT2D eigenvalue weighted by molar-refractivity contribution is 7.15. The maximum atomic E-state index is 12.2. The number of para-hydroxylation sites is 1. The number of amides is 1. The zero-order valence-electron chi connectivity index (χ0n) is 12.2. The second-order valence-electron chi connectivity index (χ2n) is 5.23. The van der Waals surface area contributed by atoms with Gasteiger partial charge in [0, 0.05) is 6.61 Å². The number of nitrogens with zero attached hydrogens (tertiary/aromatic N) is 5. The zero-order valence-corrected chi connectivity index (χ0v) is 13.0. The molecule has 3 heterocycles. The fourth-order valence-electron chi connectivity index (χ4n) is 2.52. The summed E-state index contributed by atoms with van der Waals surface area (Å²) < 4.78 is 7.13. The molecule has 2 aromatic heterocycles. The Bertz CT molecular complexity index is 839. The Morgan fingerprint density at radius 3 is 3.13 bits per heavy atom. The highest BCUT2D eigenvalue weighted by Gasteiger charge is 2.22. The molecular weight excluding hydrogens is 316 g/mol. The van der Waals surface area contributed by atoms with Gasteiger partial charge in [0.25, 0.3) is 0 Å². The van der Waals surface area contributed by atoms with Crippen LogP contribution in [0.3, 0.4) is 0 Å². The van der Waals surface area contributed by atoms with Crippen LogP contribution < -0.4 is 5.32 Å². The lowest BCUT2D eigenvalue weighted by molar-refractivity contribution is -0.116. The van der Waals surface area contributed by atoms with E-state index >= 15 is 0 Å². The third-order valence-electron chi connectivity index (χ3n) is 3.61. The number of fused-ring (bicyclic) bond motifs is 1. The van der Waals surface area contributed by atoms with E-state index in [1.807, 2.05) is 24.3 Å². The van der Waals surface area contributed by atoms with Crippen LogP contribution in [0.15, 0.2) is 24.3 Å². The van der Waals surface area contributed by atoms with E-state index in [0.29, 0.717) is 5.13 Å². The molecule has 1 unspecified atom stereocenters. The molecule has 0 bridgehead atoms. The fourth-order valence-corrected chi connectivity index (χ4v) is 3.36. The van der Waals surface area contributed by atoms with Crippen LogP contribution in [0.1, 0.15) is 24.0 Å². The van der Waals surface area contributed by atoms with Gasteiger partial charge in [-0.2, -0.15) is 0 Å². The van der Waals surface area contributed by atoms with Crippen LogP contribution in [0.2, 0.25) is 0 Å². The SMILES string of the molecule is O=C(Cn1nnc2ccccc21)Nc1nnc(C2CCCO2)s1. The molecule has 1 aliphatic heterocycles. The van der Waals surface area contributed by atoms with Gasteiger partial charge >= 0.3 is 0 Å². The van der Waals surface area contributed by atoms with E-state index in [-0.39, 0.29) is 18.6 Å². The number of anilines is 1. The summed E-state index contributed by atoms with van der Waals surface area (Å²) in [6.07, 6.45) is 2.00. The van der Waals surface area contributed by atoms with Crippen molar-refractivity contribution in [3.05, 3.63) is 29.3 Å². The van der Waals surface area contributed by atoms with E-state index < -0.39 is 0 Å². The predicted molar refractivity (Wildman–Crippen MR) is 84.0 cm³/mol. The van der Waals surface area contributed by atoms with Crippen molar-refractivity contribution in [1.29, 1.82) is 0 Å². The molecule has 1 atom stereocenters. The monoisotopic (exact) mass is 330 g/mol. The summed E-state index contributed by atoms with van der Waals surface area (Å²) in [4.78, 5) is 12.2. The summed E-state index contributed by atoms with van der Waals surface area (Å²) in [7, 11) is 0. The van der Waals surface area contributed by atoms with Crippen LogP contribution >= 0.6 is 11.3 Å². The van der Waals surface area contributed by atoms with Crippen molar-refractivity contribution in [2.24, 2.45) is 0 Å². The van der Waals surface area contributed by atoms with Crippen molar-refractivity contribution in [3.8, 4) is 0 Å². The van der Waals surface area contributed by atoms with Gasteiger partial charge in [-0.25, -0.2) is 4.68 Å². The molecule has 23 heavy (non-hydrogen) atoms. The summed E-state index contributed by atoms with van der Waals surface area (Å²) in [6, 6.07) is 7.51. The molecule has 8 nitrogen and oxygen atoms in total. The molecule has 118 valence electrons. The van der Waals surface area contributed by atoms with Gasteiger partial charge in [-0.15, -0.1) is 15.3 Å². The van der Waals surface area contributed by atoms with E-state index in [4.69, 9.17) is 4.74 Å². The number of benzene rings is 1. The van der Waals surface area contributed by atoms with Crippen molar-refractivity contribution >= 4 is 33.4 Å². The molecule has 0 radical (unpaired) electrons. The van der Waals surface area contributed by atoms with E-state index in [9.17, 15) is 4.79 Å². The van der Waals surface area contributed by atoms with E-state index in [0.717, 1.165) is 35.5 Å². The normalized spacial score (nSPS) is 17.7. The third-order valence-corrected chi connectivity index (χ3v) is 4.54. The van der Waals surface area contributed by atoms with Crippen molar-refractivity contribution in [2.45, 2.75) is 25.5 Å². The van der Waals surface area contributed by atoms with Crippen molar-refractivity contribution in [1.82, 2.24) is 25.2 Å². The Balaban J connectivity index is 1.43. The quantitative estimate of drug-likeness (QED) is 0.783. The van der Waals surface area contributed by atoms with Gasteiger partial charge in [0.1, 0.15) is 23.2 Å². The fraction of sp³-hybridized carbons (Fsp3) is 0.357. The first-order chi connectivity index (χ1) is 11.3. The standard InChI is InChI=1S/C14H14N6O2S/c21-12(8-20-10-5-2-1-4-9(10)16-19-20)15-14-18-17-13(23-14)11-6-3-7-22-11/h1-2,4-5,11H,3,6-8H2,(H,15,18,21). The maximum Gasteiger partial charge on any atom is 0.248 e. The van der Waals surface area contributed by atoms with E-state index in [1.54, 1.807) is 4.68 Å². The molecule has 9 heteroatoms. The number of aromatic nitrogens is 5. The van der Waals surface area contributed by atoms with Gasteiger partial charge in [0.2, 0.25) is 11.0 Å². The topological polar surface area (TPSA) is 94.8 Å². The van der Waals surface area contributed by atoms with Crippen LogP contribution in [-0.4, -0.2) is 37.7 Å². The van der Waals surface area contributed by atoms with E-state index in [2.05, 4.69) is 25.8 Å². The Kier molecular flexibility index (Phi) is 3.72. The van der Waals surface area contributed by atoms with Crippen LogP contribution in [0.5, 0.6) is 0 Å². The molecule has 1 aromatic carbocycles. The lowest BCUT2D eigenvalue weighted by atomic mass is 10.2. The molecule has 3 aromatic rings. The highest BCUT2D eigenvalue weighted by Crippen LogP contribution is 2.31. The molecule has 0 saturated carbocycles. The second-order valence-corrected chi connectivity index (χ2v) is 6.24. The number of hydrogen-bond acceptors (Lipinski definition) is 7. The molecule has 1 N–H and O–H groups in total. The largest absolute Gasteiger partial charge is 0.371 e. The number of rotatable bonds is 4. The summed E-state index contributed by atoms with van der Waals surface area (Å²) in [5.74, 6) is -0.212. The van der Waals surface area contributed by atoms with Crippen molar-refractivity contribution in [3.63, 3.8) is 0 Å². The average Bonchev–Trinajstić information content (AvgIpc) is 3.27. The zero-order chi connectivity index (χ0) is 15.6. The van der Waals surface area contributed by atoms with Gasteiger partial charge < -0.3 is 4.74 Å². The van der Waals surface area contributed by atoms with Crippen LogP contribution in [0.4, 0.5) is 5.13 Å². The third kappa shape index (κ3) is 2.92. The van der Waals surface area contributed by atoms with Gasteiger partial charge in [-0.3, -0.25) is 10.1 Å². The number of carbonyl (C=O) groups excluding carboxylic acids is 1. The number of carbonyl (C=O) groups is 1. The van der Waals surface area contributed by atoms with Gasteiger partial charge in [0.15, 0.2) is 0 Å². The first-order valence-electron chi connectivity index (χ1n) is 7.33. The number of hydrogen-bond donors (Lipinski definition) is 1. The molecule has 1 amide bonds. The molecule has 4 rings (SSSR count). The summed E-state index contributed by atoms with van der Waals surface area (Å²) in [5.41, 5.74) is 1.58. The molecule has 0 aliphatic carbocycles. The lowest BCUT2D eigenvalue weighted by Gasteiger charge is -2.03. The molecular formula is C14H14N6O2S. The Labute approximate surface area is 135 Å². The summed E-state index contributed by atoms with van der Waals surface area (Å²) in [5, 5.41) is 20.2. The second kappa shape index (κ2) is 6.01. The first kappa shape index (κ1) is 14.2. The predicted octanol–water partition coefficient (Wildman–Crippen LogP) is 1.77. The molecule has 0 spiro atoms. The minimum absolute atomic E-state index is 0.0115. The van der Waals surface area contributed by atoms with Crippen molar-refractivity contribution in [2.75, 3.05) is 11.9 Å². The summed E-state index contributed by atoms with van der Waals surface area (Å²) >= 11 is 1.35. The Morgan fingerprint density at radius 1 is 1.35 bits per heavy atom. The highest BCUT2D eigenvalue weighted by atomic mass is 32.1. The van der Waals surface area contributed by atoms with Crippen LogP contribution in [-0.2, 0) is 16.1 Å². The number of nitrogens with one attached hydrogen (secondary N) is 1. The smallest absolute Gasteiger partial charge is 0.248 e. The van der Waals surface area contributed by atoms with E-state index in [1.165, 1.54) is 11.3 Å². The van der Waals surface area contributed by atoms with Crippen LogP contribution in [0, 0.1) is 0 Å². The first-order valence-corrected chi connectivity index (χ1v) is 8.14.